The number of likely N-dealkylation sites (N-methyl/N-ethyl adjacent to an activating group) is 1. The predicted octanol–water partition coefficient (Wildman–Crippen LogP) is 1.84. The maximum absolute atomic E-state index is 12.3. The molecular formula is C19H28ClN3O4. The summed E-state index contributed by atoms with van der Waals surface area (Å²) in [7, 11) is 1.59. The number of rotatable bonds is 9. The van der Waals surface area contributed by atoms with E-state index in [-0.39, 0.29) is 18.5 Å². The molecule has 1 aliphatic rings. The van der Waals surface area contributed by atoms with E-state index in [1.807, 2.05) is 11.8 Å². The first-order valence-corrected chi connectivity index (χ1v) is 9.58. The summed E-state index contributed by atoms with van der Waals surface area (Å²) in [6.07, 6.45) is 1.74. The van der Waals surface area contributed by atoms with Crippen molar-refractivity contribution < 1.29 is 19.4 Å². The number of halogens is 1. The fourth-order valence-corrected chi connectivity index (χ4v) is 3.65. The molecule has 150 valence electrons. The number of piperidine rings is 1. The average molecular weight is 398 g/mol. The zero-order chi connectivity index (χ0) is 19.8. The number of hydrogen-bond acceptors (Lipinski definition) is 5. The number of carboxylic acids is 1. The highest BCUT2D eigenvalue weighted by molar-refractivity contribution is 6.30. The van der Waals surface area contributed by atoms with Crippen LogP contribution in [-0.2, 0) is 16.1 Å². The standard InChI is InChI=1S/C19H28ClN3O4/c1-3-23(13-19(25)26)16-6-8-22(9-7-16)12-18(24)21-11-14-10-15(20)4-5-17(14)27-2/h4-5,10,16H,3,6-9,11-13H2,1-2H3,(H,21,24)(H,25,26). The number of benzene rings is 1. The third-order valence-corrected chi connectivity index (χ3v) is 5.14. The lowest BCUT2D eigenvalue weighted by Gasteiger charge is -2.37. The van der Waals surface area contributed by atoms with Gasteiger partial charge in [-0.3, -0.25) is 19.4 Å². The number of likely N-dealkylation sites (tertiary alicyclic amines) is 1. The van der Waals surface area contributed by atoms with E-state index in [2.05, 4.69) is 10.2 Å². The van der Waals surface area contributed by atoms with Crippen LogP contribution in [0.5, 0.6) is 5.75 Å². The van der Waals surface area contributed by atoms with E-state index >= 15 is 0 Å². The van der Waals surface area contributed by atoms with E-state index in [0.29, 0.717) is 23.9 Å². The second-order valence-electron chi connectivity index (χ2n) is 6.70. The van der Waals surface area contributed by atoms with Gasteiger partial charge in [0.05, 0.1) is 20.2 Å². The summed E-state index contributed by atoms with van der Waals surface area (Å²) < 4.78 is 5.29. The monoisotopic (exact) mass is 397 g/mol. The highest BCUT2D eigenvalue weighted by Crippen LogP contribution is 2.22. The number of carbonyl (C=O) groups is 2. The van der Waals surface area contributed by atoms with E-state index in [1.165, 1.54) is 0 Å². The van der Waals surface area contributed by atoms with Crippen LogP contribution in [0.4, 0.5) is 0 Å². The summed E-state index contributed by atoms with van der Waals surface area (Å²) in [6, 6.07) is 5.58. The molecule has 1 amide bonds. The molecule has 8 heteroatoms. The smallest absolute Gasteiger partial charge is 0.317 e. The Morgan fingerprint density at radius 1 is 1.37 bits per heavy atom. The molecule has 27 heavy (non-hydrogen) atoms. The summed E-state index contributed by atoms with van der Waals surface area (Å²) in [5.41, 5.74) is 0.837. The molecule has 0 atom stereocenters. The third-order valence-electron chi connectivity index (χ3n) is 4.90. The predicted molar refractivity (Wildman–Crippen MR) is 104 cm³/mol. The van der Waals surface area contributed by atoms with Gasteiger partial charge in [-0.2, -0.15) is 0 Å². The number of nitrogens with zero attached hydrogens (tertiary/aromatic N) is 2. The lowest BCUT2D eigenvalue weighted by atomic mass is 10.0. The van der Waals surface area contributed by atoms with E-state index < -0.39 is 5.97 Å². The van der Waals surface area contributed by atoms with Crippen LogP contribution in [0.15, 0.2) is 18.2 Å². The molecule has 1 saturated heterocycles. The number of amides is 1. The molecule has 1 heterocycles. The molecule has 0 radical (unpaired) electrons. The summed E-state index contributed by atoms with van der Waals surface area (Å²) in [5.74, 6) is -0.151. The quantitative estimate of drug-likeness (QED) is 0.661. The van der Waals surface area contributed by atoms with E-state index in [1.54, 1.807) is 25.3 Å². The second kappa shape index (κ2) is 10.5. The van der Waals surface area contributed by atoms with Gasteiger partial charge < -0.3 is 15.2 Å². The van der Waals surface area contributed by atoms with Crippen molar-refractivity contribution in [3.63, 3.8) is 0 Å². The maximum atomic E-state index is 12.3. The Morgan fingerprint density at radius 2 is 2.07 bits per heavy atom. The minimum absolute atomic E-state index is 0.0478. The lowest BCUT2D eigenvalue weighted by molar-refractivity contribution is -0.139. The van der Waals surface area contributed by atoms with Crippen LogP contribution >= 0.6 is 11.6 Å². The van der Waals surface area contributed by atoms with Crippen molar-refractivity contribution in [2.45, 2.75) is 32.4 Å². The van der Waals surface area contributed by atoms with Gasteiger partial charge in [0.2, 0.25) is 5.91 Å². The number of methoxy groups -OCH3 is 1. The first kappa shape index (κ1) is 21.5. The van der Waals surface area contributed by atoms with Gasteiger partial charge in [-0.25, -0.2) is 0 Å². The van der Waals surface area contributed by atoms with Gasteiger partial charge in [0.1, 0.15) is 5.75 Å². The fraction of sp³-hybridized carbons (Fsp3) is 0.579. The SMILES string of the molecule is CCN(CC(=O)O)C1CCN(CC(=O)NCc2cc(Cl)ccc2OC)CC1. The molecule has 2 rings (SSSR count). The molecule has 1 aromatic rings. The van der Waals surface area contributed by atoms with Crippen LogP contribution in [0, 0.1) is 0 Å². The summed E-state index contributed by atoms with van der Waals surface area (Å²) >= 11 is 6.01. The number of hydrogen-bond donors (Lipinski definition) is 2. The largest absolute Gasteiger partial charge is 0.496 e. The van der Waals surface area contributed by atoms with Crippen molar-refractivity contribution in [3.8, 4) is 5.75 Å². The van der Waals surface area contributed by atoms with Gasteiger partial charge in [-0.15, -0.1) is 0 Å². The van der Waals surface area contributed by atoms with E-state index in [4.69, 9.17) is 21.4 Å². The minimum Gasteiger partial charge on any atom is -0.496 e. The Labute approximate surface area is 165 Å². The molecule has 0 unspecified atom stereocenters. The molecule has 1 fully saturated rings. The first-order valence-electron chi connectivity index (χ1n) is 9.20. The molecule has 2 N–H and O–H groups in total. The summed E-state index contributed by atoms with van der Waals surface area (Å²) in [6.45, 7) is 5.04. The van der Waals surface area contributed by atoms with Crippen LogP contribution in [0.3, 0.4) is 0 Å². The van der Waals surface area contributed by atoms with Gasteiger partial charge >= 0.3 is 5.97 Å². The van der Waals surface area contributed by atoms with Gasteiger partial charge in [0.25, 0.3) is 0 Å². The van der Waals surface area contributed by atoms with Crippen LogP contribution < -0.4 is 10.1 Å². The Morgan fingerprint density at radius 3 is 2.67 bits per heavy atom. The Balaban J connectivity index is 1.78. The van der Waals surface area contributed by atoms with Crippen molar-refractivity contribution in [2.24, 2.45) is 0 Å². The van der Waals surface area contributed by atoms with E-state index in [0.717, 1.165) is 38.0 Å². The minimum atomic E-state index is -0.796. The Bertz CT molecular complexity index is 648. The maximum Gasteiger partial charge on any atom is 0.317 e. The van der Waals surface area contributed by atoms with Crippen LogP contribution in [0.2, 0.25) is 5.02 Å². The molecule has 0 bridgehead atoms. The van der Waals surface area contributed by atoms with Gasteiger partial charge in [-0.05, 0) is 37.6 Å². The zero-order valence-electron chi connectivity index (χ0n) is 15.9. The molecule has 7 nitrogen and oxygen atoms in total. The highest BCUT2D eigenvalue weighted by Gasteiger charge is 2.25. The second-order valence-corrected chi connectivity index (χ2v) is 7.13. The number of nitrogens with one attached hydrogen (secondary N) is 1. The van der Waals surface area contributed by atoms with Gasteiger partial charge in [0, 0.05) is 36.3 Å². The molecule has 0 spiro atoms. The molecule has 0 saturated carbocycles. The number of carbonyl (C=O) groups excluding carboxylic acids is 1. The van der Waals surface area contributed by atoms with Crippen molar-refractivity contribution >= 4 is 23.5 Å². The molecule has 0 aromatic heterocycles. The summed E-state index contributed by atoms with van der Waals surface area (Å²) in [5, 5.41) is 12.5. The average Bonchev–Trinajstić information content (AvgIpc) is 2.65. The number of aliphatic carboxylic acids is 1. The van der Waals surface area contributed by atoms with Gasteiger partial charge in [0.15, 0.2) is 0 Å². The normalized spacial score (nSPS) is 15.7. The Hall–Kier alpha value is -1.83. The van der Waals surface area contributed by atoms with Crippen LogP contribution in [0.1, 0.15) is 25.3 Å². The lowest BCUT2D eigenvalue weighted by Crippen LogP contribution is -2.48. The number of carboxylic acid groups (broad SMARTS) is 1. The molecule has 0 aliphatic carbocycles. The van der Waals surface area contributed by atoms with Crippen molar-refractivity contribution in [2.75, 3.05) is 39.8 Å². The number of ether oxygens (including phenoxy) is 1. The van der Waals surface area contributed by atoms with Crippen molar-refractivity contribution in [1.29, 1.82) is 0 Å². The first-order chi connectivity index (χ1) is 12.9. The summed E-state index contributed by atoms with van der Waals surface area (Å²) in [4.78, 5) is 27.3. The molecular weight excluding hydrogens is 370 g/mol. The van der Waals surface area contributed by atoms with E-state index in [9.17, 15) is 9.59 Å². The molecule has 1 aliphatic heterocycles. The van der Waals surface area contributed by atoms with Gasteiger partial charge in [-0.1, -0.05) is 18.5 Å². The molecule has 1 aromatic carbocycles. The van der Waals surface area contributed by atoms with Crippen LogP contribution in [0.25, 0.3) is 0 Å². The van der Waals surface area contributed by atoms with Crippen molar-refractivity contribution in [3.05, 3.63) is 28.8 Å². The van der Waals surface area contributed by atoms with Crippen molar-refractivity contribution in [1.82, 2.24) is 15.1 Å². The topological polar surface area (TPSA) is 82.1 Å². The third kappa shape index (κ3) is 6.68. The highest BCUT2D eigenvalue weighted by atomic mass is 35.5. The van der Waals surface area contributed by atoms with Crippen LogP contribution in [-0.4, -0.2) is 72.7 Å². The zero-order valence-corrected chi connectivity index (χ0v) is 16.7. The fourth-order valence-electron chi connectivity index (χ4n) is 3.45. The Kier molecular flexibility index (Phi) is 8.34.